The molecule has 7 heteroatoms. The maximum Gasteiger partial charge on any atom is 0.275 e. The second-order valence-corrected chi connectivity index (χ2v) is 7.94. The molecule has 1 aromatic heterocycles. The van der Waals surface area contributed by atoms with Crippen LogP contribution in [0.25, 0.3) is 0 Å². The van der Waals surface area contributed by atoms with Gasteiger partial charge in [0.2, 0.25) is 5.89 Å². The fourth-order valence-electron chi connectivity index (χ4n) is 3.72. The number of aromatic nitrogens is 1. The maximum absolute atomic E-state index is 14.3. The molecule has 1 fully saturated rings. The predicted molar refractivity (Wildman–Crippen MR) is 116 cm³/mol. The third-order valence-corrected chi connectivity index (χ3v) is 5.52. The second-order valence-electron chi connectivity index (χ2n) is 7.94. The van der Waals surface area contributed by atoms with Gasteiger partial charge in [-0.3, -0.25) is 9.69 Å². The molecule has 1 amide bonds. The molecule has 0 N–H and O–H groups in total. The van der Waals surface area contributed by atoms with Gasteiger partial charge in [0.05, 0.1) is 6.54 Å². The van der Waals surface area contributed by atoms with Gasteiger partial charge in [0, 0.05) is 44.8 Å². The standard InChI is InChI=1S/C24H27FN4O2/c1-27-11-13-29(14-12-27)24(30)22-18-31-23(26-22)17-28(15-19-7-3-2-4-8-19)16-20-9-5-6-10-21(20)25/h2-10,18H,11-17H2,1H3. The molecule has 0 unspecified atom stereocenters. The Morgan fingerprint density at radius 3 is 2.45 bits per heavy atom. The highest BCUT2D eigenvalue weighted by atomic mass is 19.1. The number of likely N-dealkylation sites (N-methyl/N-ethyl adjacent to an activating group) is 1. The van der Waals surface area contributed by atoms with Crippen molar-refractivity contribution >= 4 is 5.91 Å². The molecule has 0 bridgehead atoms. The number of halogens is 1. The van der Waals surface area contributed by atoms with Crippen molar-refractivity contribution < 1.29 is 13.6 Å². The second kappa shape index (κ2) is 9.85. The van der Waals surface area contributed by atoms with Crippen molar-refractivity contribution in [1.29, 1.82) is 0 Å². The number of oxazole rings is 1. The molecule has 0 aliphatic carbocycles. The number of hydrogen-bond donors (Lipinski definition) is 0. The zero-order chi connectivity index (χ0) is 21.6. The molecule has 0 radical (unpaired) electrons. The Bertz CT molecular complexity index is 1000. The van der Waals surface area contributed by atoms with Crippen molar-refractivity contribution in [1.82, 2.24) is 19.7 Å². The molecular formula is C24H27FN4O2. The van der Waals surface area contributed by atoms with Gasteiger partial charge in [-0.1, -0.05) is 48.5 Å². The van der Waals surface area contributed by atoms with Gasteiger partial charge in [0.1, 0.15) is 12.1 Å². The van der Waals surface area contributed by atoms with Crippen LogP contribution in [0.2, 0.25) is 0 Å². The van der Waals surface area contributed by atoms with Crippen molar-refractivity contribution in [3.8, 4) is 0 Å². The lowest BCUT2D eigenvalue weighted by Gasteiger charge is -2.31. The minimum Gasteiger partial charge on any atom is -0.447 e. The van der Waals surface area contributed by atoms with Crippen LogP contribution in [0.4, 0.5) is 4.39 Å². The molecule has 2 heterocycles. The number of amides is 1. The van der Waals surface area contributed by atoms with E-state index in [1.807, 2.05) is 48.3 Å². The number of carbonyl (C=O) groups excluding carboxylic acids is 1. The van der Waals surface area contributed by atoms with Crippen molar-refractivity contribution in [3.05, 3.63) is 89.4 Å². The van der Waals surface area contributed by atoms with Gasteiger partial charge in [-0.05, 0) is 18.7 Å². The van der Waals surface area contributed by atoms with Crippen LogP contribution < -0.4 is 0 Å². The molecule has 0 atom stereocenters. The smallest absolute Gasteiger partial charge is 0.275 e. The Morgan fingerprint density at radius 1 is 1.00 bits per heavy atom. The highest BCUT2D eigenvalue weighted by Gasteiger charge is 2.23. The molecule has 2 aromatic carbocycles. The maximum atomic E-state index is 14.3. The van der Waals surface area contributed by atoms with E-state index in [2.05, 4.69) is 14.8 Å². The van der Waals surface area contributed by atoms with Gasteiger partial charge in [-0.25, -0.2) is 9.37 Å². The van der Waals surface area contributed by atoms with Crippen molar-refractivity contribution in [2.75, 3.05) is 33.2 Å². The van der Waals surface area contributed by atoms with E-state index in [0.29, 0.717) is 49.9 Å². The SMILES string of the molecule is CN1CCN(C(=O)c2coc(CN(Cc3ccccc3)Cc3ccccc3F)n2)CC1. The summed E-state index contributed by atoms with van der Waals surface area (Å²) in [7, 11) is 2.05. The minimum atomic E-state index is -0.237. The Morgan fingerprint density at radius 2 is 1.71 bits per heavy atom. The van der Waals surface area contributed by atoms with Gasteiger partial charge in [0.15, 0.2) is 5.69 Å². The van der Waals surface area contributed by atoms with Crippen molar-refractivity contribution in [3.63, 3.8) is 0 Å². The number of benzene rings is 2. The van der Waals surface area contributed by atoms with E-state index in [1.165, 1.54) is 12.3 Å². The first-order valence-electron chi connectivity index (χ1n) is 10.5. The monoisotopic (exact) mass is 422 g/mol. The van der Waals surface area contributed by atoms with Crippen LogP contribution in [0.5, 0.6) is 0 Å². The number of hydrogen-bond acceptors (Lipinski definition) is 5. The minimum absolute atomic E-state index is 0.105. The predicted octanol–water partition coefficient (Wildman–Crippen LogP) is 3.40. The first-order chi connectivity index (χ1) is 15.1. The third kappa shape index (κ3) is 5.57. The summed E-state index contributed by atoms with van der Waals surface area (Å²) in [5.41, 5.74) is 2.04. The Hall–Kier alpha value is -3.03. The van der Waals surface area contributed by atoms with Crippen molar-refractivity contribution in [2.24, 2.45) is 0 Å². The molecule has 3 aromatic rings. The largest absolute Gasteiger partial charge is 0.447 e. The van der Waals surface area contributed by atoms with E-state index in [4.69, 9.17) is 4.42 Å². The van der Waals surface area contributed by atoms with Crippen LogP contribution in [-0.4, -0.2) is 58.8 Å². The molecule has 1 saturated heterocycles. The zero-order valence-electron chi connectivity index (χ0n) is 17.7. The van der Waals surface area contributed by atoms with Crippen LogP contribution in [-0.2, 0) is 19.6 Å². The van der Waals surface area contributed by atoms with Gasteiger partial charge in [-0.2, -0.15) is 0 Å². The van der Waals surface area contributed by atoms with E-state index in [9.17, 15) is 9.18 Å². The summed E-state index contributed by atoms with van der Waals surface area (Å²) in [4.78, 5) is 23.3. The topological polar surface area (TPSA) is 52.8 Å². The quantitative estimate of drug-likeness (QED) is 0.584. The first-order valence-corrected chi connectivity index (χ1v) is 10.5. The molecule has 0 saturated carbocycles. The van der Waals surface area contributed by atoms with Gasteiger partial charge < -0.3 is 14.2 Å². The van der Waals surface area contributed by atoms with E-state index >= 15 is 0 Å². The number of nitrogens with zero attached hydrogens (tertiary/aromatic N) is 4. The summed E-state index contributed by atoms with van der Waals surface area (Å²) in [5, 5.41) is 0. The third-order valence-electron chi connectivity index (χ3n) is 5.52. The average Bonchev–Trinajstić information content (AvgIpc) is 3.24. The molecule has 0 spiro atoms. The molecule has 6 nitrogen and oxygen atoms in total. The van der Waals surface area contributed by atoms with Gasteiger partial charge in [-0.15, -0.1) is 0 Å². The number of rotatable bonds is 7. The lowest BCUT2D eigenvalue weighted by molar-refractivity contribution is 0.0658. The first kappa shape index (κ1) is 21.2. The van der Waals surface area contributed by atoms with Crippen LogP contribution >= 0.6 is 0 Å². The van der Waals surface area contributed by atoms with E-state index in [0.717, 1.165) is 18.7 Å². The summed E-state index contributed by atoms with van der Waals surface area (Å²) in [5.74, 6) is 0.107. The summed E-state index contributed by atoms with van der Waals surface area (Å²) < 4.78 is 19.9. The zero-order valence-corrected chi connectivity index (χ0v) is 17.7. The molecular weight excluding hydrogens is 395 g/mol. The molecule has 162 valence electrons. The summed E-state index contributed by atoms with van der Waals surface area (Å²) in [6, 6.07) is 16.8. The Labute approximate surface area is 181 Å². The van der Waals surface area contributed by atoms with Crippen LogP contribution in [0.3, 0.4) is 0 Å². The number of carbonyl (C=O) groups is 1. The molecule has 4 rings (SSSR count). The highest BCUT2D eigenvalue weighted by molar-refractivity contribution is 5.92. The van der Waals surface area contributed by atoms with Crippen LogP contribution in [0.15, 0.2) is 65.3 Å². The van der Waals surface area contributed by atoms with E-state index < -0.39 is 0 Å². The fourth-order valence-corrected chi connectivity index (χ4v) is 3.72. The summed E-state index contributed by atoms with van der Waals surface area (Å²) in [6.07, 6.45) is 1.43. The van der Waals surface area contributed by atoms with E-state index in [1.54, 1.807) is 12.1 Å². The fraction of sp³-hybridized carbons (Fsp3) is 0.333. The normalized spacial score (nSPS) is 14.9. The van der Waals surface area contributed by atoms with Gasteiger partial charge in [0.25, 0.3) is 5.91 Å². The Balaban J connectivity index is 1.47. The lowest BCUT2D eigenvalue weighted by atomic mass is 10.1. The molecule has 1 aliphatic rings. The lowest BCUT2D eigenvalue weighted by Crippen LogP contribution is -2.47. The molecule has 1 aliphatic heterocycles. The van der Waals surface area contributed by atoms with Crippen LogP contribution in [0, 0.1) is 5.82 Å². The summed E-state index contributed by atoms with van der Waals surface area (Å²) in [6.45, 7) is 4.47. The van der Waals surface area contributed by atoms with Gasteiger partial charge >= 0.3 is 0 Å². The Kier molecular flexibility index (Phi) is 6.74. The van der Waals surface area contributed by atoms with E-state index in [-0.39, 0.29) is 11.7 Å². The van der Waals surface area contributed by atoms with Crippen LogP contribution in [0.1, 0.15) is 27.5 Å². The molecule has 31 heavy (non-hydrogen) atoms. The van der Waals surface area contributed by atoms with Crippen molar-refractivity contribution in [2.45, 2.75) is 19.6 Å². The summed E-state index contributed by atoms with van der Waals surface area (Å²) >= 11 is 0. The average molecular weight is 423 g/mol. The highest BCUT2D eigenvalue weighted by Crippen LogP contribution is 2.17. The number of piperazine rings is 1.